The summed E-state index contributed by atoms with van der Waals surface area (Å²) in [5.74, 6) is 4.76. The molecule has 0 saturated heterocycles. The maximum Gasteiger partial charge on any atom is 0.255 e. The van der Waals surface area contributed by atoms with E-state index < -0.39 is 6.04 Å². The third-order valence-electron chi connectivity index (χ3n) is 2.90. The predicted molar refractivity (Wildman–Crippen MR) is 72.8 cm³/mol. The molecular weight excluding hydrogens is 244 g/mol. The van der Waals surface area contributed by atoms with E-state index in [1.165, 1.54) is 0 Å². The maximum atomic E-state index is 12.0. The first-order valence-electron chi connectivity index (χ1n) is 6.14. The van der Waals surface area contributed by atoms with Gasteiger partial charge < -0.3 is 5.32 Å². The molecule has 6 nitrogen and oxygen atoms in total. The van der Waals surface area contributed by atoms with Crippen LogP contribution < -0.4 is 16.6 Å². The molecule has 0 spiro atoms. The number of hydrazine groups is 1. The molecular formula is C13H20N4O2. The van der Waals surface area contributed by atoms with E-state index in [9.17, 15) is 9.59 Å². The van der Waals surface area contributed by atoms with Crippen molar-refractivity contribution in [3.63, 3.8) is 0 Å². The maximum absolute atomic E-state index is 12.0. The smallest absolute Gasteiger partial charge is 0.255 e. The van der Waals surface area contributed by atoms with Crippen molar-refractivity contribution in [3.8, 4) is 0 Å². The second-order valence-electron chi connectivity index (χ2n) is 4.06. The lowest BCUT2D eigenvalue weighted by molar-refractivity contribution is -0.129. The minimum Gasteiger partial charge on any atom is -0.358 e. The zero-order chi connectivity index (χ0) is 14.3. The Morgan fingerprint density at radius 3 is 2.42 bits per heavy atom. The first-order chi connectivity index (χ1) is 9.13. The molecule has 0 saturated carbocycles. The van der Waals surface area contributed by atoms with Gasteiger partial charge in [-0.15, -0.1) is 0 Å². The number of nitrogens with two attached hydrogens (primary N) is 1. The van der Waals surface area contributed by atoms with E-state index in [1.807, 2.05) is 37.3 Å². The molecule has 0 aromatic heterocycles. The Kier molecular flexibility index (Phi) is 5.98. The van der Waals surface area contributed by atoms with Gasteiger partial charge in [0.05, 0.1) is 6.54 Å². The monoisotopic (exact) mass is 264 g/mol. The van der Waals surface area contributed by atoms with Crippen molar-refractivity contribution in [2.45, 2.75) is 13.0 Å². The van der Waals surface area contributed by atoms with Crippen LogP contribution in [0.2, 0.25) is 0 Å². The lowest BCUT2D eigenvalue weighted by Crippen LogP contribution is -2.46. The number of carbonyl (C=O) groups is 2. The second kappa shape index (κ2) is 7.50. The van der Waals surface area contributed by atoms with E-state index in [0.29, 0.717) is 6.54 Å². The van der Waals surface area contributed by atoms with Crippen molar-refractivity contribution in [2.75, 3.05) is 20.1 Å². The van der Waals surface area contributed by atoms with Gasteiger partial charge in [-0.25, -0.2) is 5.84 Å². The van der Waals surface area contributed by atoms with Crippen LogP contribution in [-0.4, -0.2) is 36.9 Å². The van der Waals surface area contributed by atoms with Gasteiger partial charge in [0.25, 0.3) is 5.91 Å². The number of nitrogens with one attached hydrogen (secondary N) is 2. The highest BCUT2D eigenvalue weighted by molar-refractivity contribution is 5.84. The van der Waals surface area contributed by atoms with Crippen LogP contribution in [0.15, 0.2) is 30.3 Å². The predicted octanol–water partition coefficient (Wildman–Crippen LogP) is -0.214. The van der Waals surface area contributed by atoms with Crippen molar-refractivity contribution in [2.24, 2.45) is 5.84 Å². The molecule has 0 radical (unpaired) electrons. The van der Waals surface area contributed by atoms with Crippen LogP contribution in [-0.2, 0) is 9.59 Å². The van der Waals surface area contributed by atoms with Crippen molar-refractivity contribution < 1.29 is 9.59 Å². The lowest BCUT2D eigenvalue weighted by atomic mass is 10.0. The Morgan fingerprint density at radius 1 is 1.32 bits per heavy atom. The molecule has 1 aromatic carbocycles. The molecule has 1 unspecified atom stereocenters. The highest BCUT2D eigenvalue weighted by atomic mass is 16.2. The number of amides is 2. The van der Waals surface area contributed by atoms with Crippen molar-refractivity contribution in [1.29, 1.82) is 0 Å². The minimum absolute atomic E-state index is 0.139. The summed E-state index contributed by atoms with van der Waals surface area (Å²) in [6.45, 7) is 2.59. The van der Waals surface area contributed by atoms with E-state index >= 15 is 0 Å². The highest BCUT2D eigenvalue weighted by Crippen LogP contribution is 2.20. The fraction of sp³-hybridized carbons (Fsp3) is 0.385. The molecule has 6 heteroatoms. The van der Waals surface area contributed by atoms with Crippen LogP contribution in [0.5, 0.6) is 0 Å². The Labute approximate surface area is 112 Å². The molecule has 0 aliphatic rings. The van der Waals surface area contributed by atoms with E-state index in [0.717, 1.165) is 5.56 Å². The summed E-state index contributed by atoms with van der Waals surface area (Å²) in [4.78, 5) is 25.2. The fourth-order valence-electron chi connectivity index (χ4n) is 1.89. The summed E-state index contributed by atoms with van der Waals surface area (Å²) < 4.78 is 0. The summed E-state index contributed by atoms with van der Waals surface area (Å²) in [6, 6.07) is 8.67. The second-order valence-corrected chi connectivity index (χ2v) is 4.06. The van der Waals surface area contributed by atoms with Gasteiger partial charge in [-0.1, -0.05) is 37.3 Å². The van der Waals surface area contributed by atoms with Crippen LogP contribution in [0.3, 0.4) is 0 Å². The Bertz CT molecular complexity index is 422. The van der Waals surface area contributed by atoms with Gasteiger partial charge in [-0.3, -0.25) is 19.9 Å². The Balaban J connectivity index is 3.01. The summed E-state index contributed by atoms with van der Waals surface area (Å²) in [6.07, 6.45) is 0. The molecule has 1 aromatic rings. The number of likely N-dealkylation sites (N-methyl/N-ethyl adjacent to an activating group) is 2. The average molecular weight is 264 g/mol. The van der Waals surface area contributed by atoms with E-state index in [-0.39, 0.29) is 18.4 Å². The van der Waals surface area contributed by atoms with Crippen LogP contribution in [0.1, 0.15) is 18.5 Å². The number of hydrogen-bond donors (Lipinski definition) is 3. The normalized spacial score (nSPS) is 12.0. The third-order valence-corrected chi connectivity index (χ3v) is 2.90. The van der Waals surface area contributed by atoms with Gasteiger partial charge in [0.2, 0.25) is 5.91 Å². The summed E-state index contributed by atoms with van der Waals surface area (Å²) in [5.41, 5.74) is 2.96. The van der Waals surface area contributed by atoms with Gasteiger partial charge in [0.15, 0.2) is 0 Å². The molecule has 1 atom stereocenters. The minimum atomic E-state index is -0.575. The topological polar surface area (TPSA) is 87.5 Å². The fourth-order valence-corrected chi connectivity index (χ4v) is 1.89. The zero-order valence-electron chi connectivity index (χ0n) is 11.2. The van der Waals surface area contributed by atoms with Gasteiger partial charge in [0.1, 0.15) is 6.04 Å². The number of benzene rings is 1. The Morgan fingerprint density at radius 2 is 1.95 bits per heavy atom. The Hall–Kier alpha value is -1.92. The SMILES string of the molecule is CCN(CC(=O)NC)C(C(=O)NN)c1ccccc1. The van der Waals surface area contributed by atoms with Gasteiger partial charge >= 0.3 is 0 Å². The molecule has 4 N–H and O–H groups in total. The molecule has 0 fully saturated rings. The number of carbonyl (C=O) groups excluding carboxylic acids is 2. The summed E-state index contributed by atoms with van der Waals surface area (Å²) in [7, 11) is 1.57. The standard InChI is InChI=1S/C13H20N4O2/c1-3-17(9-11(18)15-2)12(13(19)16-14)10-7-5-4-6-8-10/h4-8,12H,3,9,14H2,1-2H3,(H,15,18)(H,16,19). The number of hydrogen-bond acceptors (Lipinski definition) is 4. The molecule has 0 aliphatic heterocycles. The van der Waals surface area contributed by atoms with Crippen LogP contribution >= 0.6 is 0 Å². The van der Waals surface area contributed by atoms with Gasteiger partial charge in [0, 0.05) is 7.05 Å². The zero-order valence-corrected chi connectivity index (χ0v) is 11.2. The van der Waals surface area contributed by atoms with Gasteiger partial charge in [-0.05, 0) is 12.1 Å². The van der Waals surface area contributed by atoms with E-state index in [4.69, 9.17) is 5.84 Å². The van der Waals surface area contributed by atoms with Crippen molar-refractivity contribution in [1.82, 2.24) is 15.6 Å². The van der Waals surface area contributed by atoms with Gasteiger partial charge in [-0.2, -0.15) is 0 Å². The first-order valence-corrected chi connectivity index (χ1v) is 6.14. The molecule has 1 rings (SSSR count). The van der Waals surface area contributed by atoms with Crippen LogP contribution in [0.4, 0.5) is 0 Å². The molecule has 0 aliphatic carbocycles. The van der Waals surface area contributed by atoms with E-state index in [2.05, 4.69) is 10.7 Å². The lowest BCUT2D eigenvalue weighted by Gasteiger charge is -2.28. The van der Waals surface area contributed by atoms with Crippen LogP contribution in [0, 0.1) is 0 Å². The molecule has 0 bridgehead atoms. The van der Waals surface area contributed by atoms with Crippen LogP contribution in [0.25, 0.3) is 0 Å². The summed E-state index contributed by atoms with van der Waals surface area (Å²) >= 11 is 0. The van der Waals surface area contributed by atoms with Crippen molar-refractivity contribution >= 4 is 11.8 Å². The largest absolute Gasteiger partial charge is 0.358 e. The third kappa shape index (κ3) is 4.04. The average Bonchev–Trinajstić information content (AvgIpc) is 2.46. The van der Waals surface area contributed by atoms with Crippen molar-refractivity contribution in [3.05, 3.63) is 35.9 Å². The number of rotatable bonds is 6. The quantitative estimate of drug-likeness (QED) is 0.377. The molecule has 19 heavy (non-hydrogen) atoms. The molecule has 104 valence electrons. The summed E-state index contributed by atoms with van der Waals surface area (Å²) in [5, 5.41) is 2.55. The molecule has 0 heterocycles. The highest BCUT2D eigenvalue weighted by Gasteiger charge is 2.27. The first kappa shape index (κ1) is 15.1. The molecule has 2 amide bonds. The number of nitrogens with zero attached hydrogens (tertiary/aromatic N) is 1. The van der Waals surface area contributed by atoms with E-state index in [1.54, 1.807) is 11.9 Å².